The second kappa shape index (κ2) is 10.9. The first kappa shape index (κ1) is 23.5. The number of hydrogen-bond donors (Lipinski definition) is 1. The maximum absolute atomic E-state index is 12.7. The van der Waals surface area contributed by atoms with Crippen LogP contribution in [0.5, 0.6) is 5.75 Å². The third kappa shape index (κ3) is 6.19. The number of anilines is 1. The predicted octanol–water partition coefficient (Wildman–Crippen LogP) is 3.60. The highest BCUT2D eigenvalue weighted by Gasteiger charge is 2.16. The van der Waals surface area contributed by atoms with E-state index in [0.29, 0.717) is 17.9 Å². The number of amides is 1. The summed E-state index contributed by atoms with van der Waals surface area (Å²) in [5.41, 5.74) is 0.911. The topological polar surface area (TPSA) is 109 Å². The van der Waals surface area contributed by atoms with Gasteiger partial charge in [-0.15, -0.1) is 0 Å². The zero-order valence-corrected chi connectivity index (χ0v) is 18.7. The predicted molar refractivity (Wildman–Crippen MR) is 120 cm³/mol. The number of nitrogens with zero attached hydrogens (tertiary/aromatic N) is 2. The van der Waals surface area contributed by atoms with Crippen molar-refractivity contribution < 1.29 is 28.6 Å². The number of ether oxygens (including phenoxy) is 3. The molecule has 0 radical (unpaired) electrons. The van der Waals surface area contributed by atoms with E-state index in [1.165, 1.54) is 18.2 Å². The molecule has 0 unspecified atom stereocenters. The van der Waals surface area contributed by atoms with Gasteiger partial charge < -0.3 is 24.1 Å². The van der Waals surface area contributed by atoms with Gasteiger partial charge in [0.1, 0.15) is 18.2 Å². The fourth-order valence-electron chi connectivity index (χ4n) is 2.95. The molecule has 0 atom stereocenters. The average Bonchev–Trinajstić information content (AvgIpc) is 3.22. The normalized spacial score (nSPS) is 10.4. The minimum atomic E-state index is -0.603. The minimum absolute atomic E-state index is 0.135. The van der Waals surface area contributed by atoms with Gasteiger partial charge in [-0.2, -0.15) is 0 Å². The molecule has 9 nitrogen and oxygen atoms in total. The lowest BCUT2D eigenvalue weighted by atomic mass is 10.1. The molecule has 1 heterocycles. The van der Waals surface area contributed by atoms with Crippen molar-refractivity contribution in [3.8, 4) is 5.75 Å². The van der Waals surface area contributed by atoms with E-state index >= 15 is 0 Å². The summed E-state index contributed by atoms with van der Waals surface area (Å²) in [6.07, 6.45) is 3.52. The second-order valence-corrected chi connectivity index (χ2v) is 6.96. The summed E-state index contributed by atoms with van der Waals surface area (Å²) in [5.74, 6) is -0.262. The van der Waals surface area contributed by atoms with Gasteiger partial charge in [0.2, 0.25) is 0 Å². The van der Waals surface area contributed by atoms with E-state index in [9.17, 15) is 14.4 Å². The molecule has 0 aliphatic carbocycles. The van der Waals surface area contributed by atoms with E-state index in [1.807, 2.05) is 17.8 Å². The van der Waals surface area contributed by atoms with Gasteiger partial charge in [-0.3, -0.25) is 4.79 Å². The van der Waals surface area contributed by atoms with Gasteiger partial charge in [-0.25, -0.2) is 14.6 Å². The lowest BCUT2D eigenvalue weighted by Gasteiger charge is -2.11. The Morgan fingerprint density at radius 3 is 2.03 bits per heavy atom. The van der Waals surface area contributed by atoms with Crippen LogP contribution in [0.15, 0.2) is 54.9 Å². The fraction of sp³-hybridized carbons (Fsp3) is 0.250. The molecule has 0 saturated carbocycles. The highest BCUT2D eigenvalue weighted by molar-refractivity contribution is 6.06. The average molecular weight is 451 g/mol. The Hall–Kier alpha value is -4.14. The van der Waals surface area contributed by atoms with Crippen molar-refractivity contribution in [2.24, 2.45) is 7.05 Å². The first-order valence-electron chi connectivity index (χ1n) is 10.4. The van der Waals surface area contributed by atoms with Crippen molar-refractivity contribution in [1.82, 2.24) is 9.55 Å². The number of carbonyl (C=O) groups excluding carboxylic acids is 3. The monoisotopic (exact) mass is 451 g/mol. The first-order valence-corrected chi connectivity index (χ1v) is 10.4. The molecule has 1 amide bonds. The van der Waals surface area contributed by atoms with Gasteiger partial charge in [0.15, 0.2) is 0 Å². The molecule has 0 fully saturated rings. The molecule has 33 heavy (non-hydrogen) atoms. The van der Waals surface area contributed by atoms with Crippen LogP contribution in [-0.2, 0) is 23.1 Å². The number of aryl methyl sites for hydroxylation is 1. The molecule has 1 N–H and O–H groups in total. The van der Waals surface area contributed by atoms with E-state index in [-0.39, 0.29) is 30.0 Å². The molecule has 1 aromatic heterocycles. The van der Waals surface area contributed by atoms with Crippen LogP contribution in [0.25, 0.3) is 0 Å². The Bertz CT molecular complexity index is 1100. The Kier molecular flexibility index (Phi) is 7.80. The van der Waals surface area contributed by atoms with E-state index in [2.05, 4.69) is 10.3 Å². The largest absolute Gasteiger partial charge is 0.486 e. The van der Waals surface area contributed by atoms with Crippen LogP contribution >= 0.6 is 0 Å². The van der Waals surface area contributed by atoms with E-state index in [0.717, 1.165) is 5.82 Å². The minimum Gasteiger partial charge on any atom is -0.486 e. The molecule has 0 spiro atoms. The van der Waals surface area contributed by atoms with Crippen molar-refractivity contribution in [3.05, 3.63) is 77.4 Å². The van der Waals surface area contributed by atoms with Crippen LogP contribution in [0.2, 0.25) is 0 Å². The van der Waals surface area contributed by atoms with E-state index in [1.54, 1.807) is 44.3 Å². The SMILES string of the molecule is CCOC(=O)c1cc(NC(=O)c2ccc(OCc3nccn3C)cc2)cc(C(=O)OCC)c1. The summed E-state index contributed by atoms with van der Waals surface area (Å²) >= 11 is 0. The number of aromatic nitrogens is 2. The summed E-state index contributed by atoms with van der Waals surface area (Å²) in [6.45, 7) is 4.02. The Morgan fingerprint density at radius 2 is 1.52 bits per heavy atom. The Morgan fingerprint density at radius 1 is 0.909 bits per heavy atom. The van der Waals surface area contributed by atoms with Gasteiger partial charge >= 0.3 is 11.9 Å². The van der Waals surface area contributed by atoms with Crippen molar-refractivity contribution >= 4 is 23.5 Å². The van der Waals surface area contributed by atoms with Crippen LogP contribution in [0.1, 0.15) is 50.7 Å². The lowest BCUT2D eigenvalue weighted by Crippen LogP contribution is -2.15. The number of rotatable bonds is 9. The summed E-state index contributed by atoms with van der Waals surface area (Å²) in [6, 6.07) is 10.9. The van der Waals surface area contributed by atoms with Gasteiger partial charge in [0.25, 0.3) is 5.91 Å². The summed E-state index contributed by atoms with van der Waals surface area (Å²) < 4.78 is 17.6. The fourth-order valence-corrected chi connectivity index (χ4v) is 2.95. The number of imidazole rings is 1. The molecule has 0 bridgehead atoms. The molecule has 0 aliphatic rings. The molecule has 2 aromatic carbocycles. The van der Waals surface area contributed by atoms with Crippen molar-refractivity contribution in [1.29, 1.82) is 0 Å². The standard InChI is InChI=1S/C24H25N3O6/c1-4-31-23(29)17-12-18(24(30)32-5-2)14-19(13-17)26-22(28)16-6-8-20(9-7-16)33-15-21-25-10-11-27(21)3/h6-14H,4-5,15H2,1-3H3,(H,26,28). The van der Waals surface area contributed by atoms with Crippen molar-refractivity contribution in [2.45, 2.75) is 20.5 Å². The number of benzene rings is 2. The highest BCUT2D eigenvalue weighted by atomic mass is 16.5. The summed E-state index contributed by atoms with van der Waals surface area (Å²) in [7, 11) is 1.88. The Labute approximate surface area is 191 Å². The van der Waals surface area contributed by atoms with Crippen LogP contribution in [0, 0.1) is 0 Å². The zero-order chi connectivity index (χ0) is 23.8. The first-order chi connectivity index (χ1) is 15.9. The van der Waals surface area contributed by atoms with Crippen LogP contribution in [0.3, 0.4) is 0 Å². The van der Waals surface area contributed by atoms with Crippen molar-refractivity contribution in [2.75, 3.05) is 18.5 Å². The van der Waals surface area contributed by atoms with Gasteiger partial charge in [0, 0.05) is 30.7 Å². The molecule has 0 aliphatic heterocycles. The number of nitrogens with one attached hydrogen (secondary N) is 1. The smallest absolute Gasteiger partial charge is 0.338 e. The maximum Gasteiger partial charge on any atom is 0.338 e. The quantitative estimate of drug-likeness (QED) is 0.495. The number of hydrogen-bond acceptors (Lipinski definition) is 7. The molecular formula is C24H25N3O6. The summed E-state index contributed by atoms with van der Waals surface area (Å²) in [4.78, 5) is 41.3. The second-order valence-electron chi connectivity index (χ2n) is 6.96. The van der Waals surface area contributed by atoms with E-state index < -0.39 is 17.8 Å². The highest BCUT2D eigenvalue weighted by Crippen LogP contribution is 2.20. The maximum atomic E-state index is 12.7. The van der Waals surface area contributed by atoms with Gasteiger partial charge in [0.05, 0.1) is 24.3 Å². The molecular weight excluding hydrogens is 426 g/mol. The van der Waals surface area contributed by atoms with E-state index in [4.69, 9.17) is 14.2 Å². The molecule has 0 saturated heterocycles. The third-order valence-electron chi connectivity index (χ3n) is 4.62. The molecule has 172 valence electrons. The molecule has 3 rings (SSSR count). The Balaban J connectivity index is 1.73. The lowest BCUT2D eigenvalue weighted by molar-refractivity contribution is 0.0525. The number of esters is 2. The number of carbonyl (C=O) groups is 3. The van der Waals surface area contributed by atoms with Gasteiger partial charge in [-0.05, 0) is 56.3 Å². The molecule has 9 heteroatoms. The third-order valence-corrected chi connectivity index (χ3v) is 4.62. The van der Waals surface area contributed by atoms with Crippen LogP contribution in [-0.4, -0.2) is 40.6 Å². The van der Waals surface area contributed by atoms with Crippen LogP contribution < -0.4 is 10.1 Å². The zero-order valence-electron chi connectivity index (χ0n) is 18.7. The van der Waals surface area contributed by atoms with Crippen LogP contribution in [0.4, 0.5) is 5.69 Å². The molecule has 3 aromatic rings. The van der Waals surface area contributed by atoms with Crippen molar-refractivity contribution in [3.63, 3.8) is 0 Å². The van der Waals surface area contributed by atoms with Gasteiger partial charge in [-0.1, -0.05) is 0 Å². The summed E-state index contributed by atoms with van der Waals surface area (Å²) in [5, 5.41) is 2.71.